The lowest BCUT2D eigenvalue weighted by molar-refractivity contribution is 0.149. The normalized spacial score (nSPS) is 28.4. The van der Waals surface area contributed by atoms with Crippen LogP contribution in [0.15, 0.2) is 18.2 Å². The molecular formula is C16H22Cl2N2. The van der Waals surface area contributed by atoms with Crippen molar-refractivity contribution in [3.63, 3.8) is 0 Å². The van der Waals surface area contributed by atoms with Crippen molar-refractivity contribution in [2.24, 2.45) is 11.7 Å². The van der Waals surface area contributed by atoms with Gasteiger partial charge in [0.05, 0.1) is 0 Å². The summed E-state index contributed by atoms with van der Waals surface area (Å²) in [5, 5.41) is 1.57. The number of hydrogen-bond acceptors (Lipinski definition) is 2. The molecule has 110 valence electrons. The molecule has 1 saturated heterocycles. The number of halogens is 2. The number of rotatable bonds is 3. The first-order valence-corrected chi connectivity index (χ1v) is 8.37. The van der Waals surface area contributed by atoms with Crippen LogP contribution in [0.3, 0.4) is 0 Å². The van der Waals surface area contributed by atoms with Gasteiger partial charge < -0.3 is 5.73 Å². The summed E-state index contributed by atoms with van der Waals surface area (Å²) in [5.41, 5.74) is 7.17. The lowest BCUT2D eigenvalue weighted by atomic mass is 9.89. The van der Waals surface area contributed by atoms with E-state index in [1.807, 2.05) is 18.2 Å². The van der Waals surface area contributed by atoms with Crippen molar-refractivity contribution >= 4 is 23.2 Å². The molecule has 0 radical (unpaired) electrons. The van der Waals surface area contributed by atoms with Crippen molar-refractivity contribution in [2.45, 2.75) is 44.2 Å². The lowest BCUT2D eigenvalue weighted by Crippen LogP contribution is -2.37. The molecule has 2 aliphatic rings. The number of likely N-dealkylation sites (tertiary alicyclic amines) is 1. The van der Waals surface area contributed by atoms with Gasteiger partial charge in [-0.25, -0.2) is 0 Å². The average Bonchev–Trinajstić information content (AvgIpc) is 3.24. The molecule has 4 heteroatoms. The molecule has 0 bridgehead atoms. The minimum absolute atomic E-state index is 0.288. The zero-order valence-electron chi connectivity index (χ0n) is 11.7. The predicted octanol–water partition coefficient (Wildman–Crippen LogP) is 4.26. The van der Waals surface area contributed by atoms with Crippen LogP contribution in [-0.2, 0) is 0 Å². The molecule has 2 unspecified atom stereocenters. The maximum Gasteiger partial charge on any atom is 0.0468 e. The summed E-state index contributed by atoms with van der Waals surface area (Å²) >= 11 is 13.0. The van der Waals surface area contributed by atoms with Crippen LogP contribution in [0.4, 0.5) is 0 Å². The Hall–Kier alpha value is -0.280. The molecular weight excluding hydrogens is 291 g/mol. The minimum Gasteiger partial charge on any atom is -0.330 e. The first-order valence-electron chi connectivity index (χ1n) is 7.62. The van der Waals surface area contributed by atoms with Gasteiger partial charge in [-0.05, 0) is 56.8 Å². The minimum atomic E-state index is 0.288. The standard InChI is InChI=1S/C16H22Cl2N2/c17-13-5-3-6-14(18)15(13)16-11(10-19)4-1-2-9-20(16)12-7-8-12/h3,5-6,11-12,16H,1-2,4,7-10,19H2. The Morgan fingerprint density at radius 3 is 2.40 bits per heavy atom. The maximum absolute atomic E-state index is 6.48. The third-order valence-corrected chi connectivity index (χ3v) is 5.32. The molecule has 20 heavy (non-hydrogen) atoms. The van der Waals surface area contributed by atoms with E-state index >= 15 is 0 Å². The monoisotopic (exact) mass is 312 g/mol. The first-order chi connectivity index (χ1) is 9.72. The fourth-order valence-electron chi connectivity index (χ4n) is 3.53. The fourth-order valence-corrected chi connectivity index (χ4v) is 4.15. The summed E-state index contributed by atoms with van der Waals surface area (Å²) in [5.74, 6) is 0.454. The van der Waals surface area contributed by atoms with E-state index in [0.29, 0.717) is 18.5 Å². The highest BCUT2D eigenvalue weighted by molar-refractivity contribution is 6.36. The van der Waals surface area contributed by atoms with Gasteiger partial charge in [-0.2, -0.15) is 0 Å². The van der Waals surface area contributed by atoms with Crippen LogP contribution in [0.25, 0.3) is 0 Å². The smallest absolute Gasteiger partial charge is 0.0468 e. The van der Waals surface area contributed by atoms with E-state index in [4.69, 9.17) is 28.9 Å². The van der Waals surface area contributed by atoms with E-state index in [0.717, 1.165) is 22.2 Å². The summed E-state index contributed by atoms with van der Waals surface area (Å²) in [4.78, 5) is 2.62. The molecule has 1 saturated carbocycles. The number of nitrogens with two attached hydrogens (primary N) is 1. The highest BCUT2D eigenvalue weighted by Gasteiger charge is 2.40. The van der Waals surface area contributed by atoms with Crippen LogP contribution in [0.5, 0.6) is 0 Å². The predicted molar refractivity (Wildman–Crippen MR) is 85.3 cm³/mol. The van der Waals surface area contributed by atoms with Crippen molar-refractivity contribution in [1.82, 2.24) is 4.90 Å². The van der Waals surface area contributed by atoms with Crippen molar-refractivity contribution in [3.05, 3.63) is 33.8 Å². The van der Waals surface area contributed by atoms with Crippen LogP contribution in [0.1, 0.15) is 43.7 Å². The zero-order valence-corrected chi connectivity index (χ0v) is 13.2. The van der Waals surface area contributed by atoms with Crippen LogP contribution in [-0.4, -0.2) is 24.0 Å². The SMILES string of the molecule is NCC1CCCCN(C2CC2)C1c1c(Cl)cccc1Cl. The summed E-state index contributed by atoms with van der Waals surface area (Å²) in [7, 11) is 0. The molecule has 0 amide bonds. The van der Waals surface area contributed by atoms with Crippen LogP contribution >= 0.6 is 23.2 Å². The first kappa shape index (κ1) is 14.6. The second-order valence-electron chi connectivity index (χ2n) is 6.04. The Labute approximate surface area is 131 Å². The molecule has 0 aromatic heterocycles. The number of benzene rings is 1. The van der Waals surface area contributed by atoms with E-state index in [1.54, 1.807) is 0 Å². The highest BCUT2D eigenvalue weighted by atomic mass is 35.5. The molecule has 1 heterocycles. The van der Waals surface area contributed by atoms with Crippen molar-refractivity contribution in [2.75, 3.05) is 13.1 Å². The summed E-state index contributed by atoms with van der Waals surface area (Å²) in [6.45, 7) is 1.85. The van der Waals surface area contributed by atoms with Crippen LogP contribution < -0.4 is 5.73 Å². The molecule has 3 rings (SSSR count). The third-order valence-electron chi connectivity index (χ3n) is 4.66. The van der Waals surface area contributed by atoms with Crippen LogP contribution in [0.2, 0.25) is 10.0 Å². The van der Waals surface area contributed by atoms with E-state index in [2.05, 4.69) is 4.90 Å². The fraction of sp³-hybridized carbons (Fsp3) is 0.625. The molecule has 1 aromatic carbocycles. The van der Waals surface area contributed by atoms with Crippen molar-refractivity contribution in [1.29, 1.82) is 0 Å². The maximum atomic E-state index is 6.48. The zero-order chi connectivity index (χ0) is 14.1. The van der Waals surface area contributed by atoms with Crippen LogP contribution in [0, 0.1) is 5.92 Å². The lowest BCUT2D eigenvalue weighted by Gasteiger charge is -2.36. The average molecular weight is 313 g/mol. The van der Waals surface area contributed by atoms with Crippen molar-refractivity contribution < 1.29 is 0 Å². The van der Waals surface area contributed by atoms with E-state index < -0.39 is 0 Å². The molecule has 0 spiro atoms. The molecule has 1 aliphatic heterocycles. The molecule has 1 aromatic rings. The largest absolute Gasteiger partial charge is 0.330 e. The Bertz CT molecular complexity index is 453. The quantitative estimate of drug-likeness (QED) is 0.903. The summed E-state index contributed by atoms with van der Waals surface area (Å²) in [6.07, 6.45) is 6.28. The Kier molecular flexibility index (Phi) is 4.56. The van der Waals surface area contributed by atoms with E-state index in [1.165, 1.54) is 32.1 Å². The van der Waals surface area contributed by atoms with Gasteiger partial charge in [0.2, 0.25) is 0 Å². The number of hydrogen-bond donors (Lipinski definition) is 1. The van der Waals surface area contributed by atoms with Gasteiger partial charge in [0, 0.05) is 27.7 Å². The third kappa shape index (κ3) is 2.85. The van der Waals surface area contributed by atoms with Gasteiger partial charge in [0.1, 0.15) is 0 Å². The Balaban J connectivity index is 2.02. The summed E-state index contributed by atoms with van der Waals surface area (Å²) in [6, 6.07) is 6.82. The van der Waals surface area contributed by atoms with Gasteiger partial charge in [0.25, 0.3) is 0 Å². The van der Waals surface area contributed by atoms with Crippen molar-refractivity contribution in [3.8, 4) is 0 Å². The van der Waals surface area contributed by atoms with E-state index in [9.17, 15) is 0 Å². The van der Waals surface area contributed by atoms with Gasteiger partial charge in [-0.15, -0.1) is 0 Å². The molecule has 2 atom stereocenters. The number of nitrogens with zero attached hydrogens (tertiary/aromatic N) is 1. The second kappa shape index (κ2) is 6.23. The molecule has 2 N–H and O–H groups in total. The topological polar surface area (TPSA) is 29.3 Å². The van der Waals surface area contributed by atoms with E-state index in [-0.39, 0.29) is 6.04 Å². The Morgan fingerprint density at radius 2 is 1.80 bits per heavy atom. The van der Waals surface area contributed by atoms with Gasteiger partial charge in [0.15, 0.2) is 0 Å². The molecule has 2 nitrogen and oxygen atoms in total. The molecule has 1 aliphatic carbocycles. The highest BCUT2D eigenvalue weighted by Crippen LogP contribution is 2.45. The van der Waals surface area contributed by atoms with Gasteiger partial charge in [-0.1, -0.05) is 35.7 Å². The second-order valence-corrected chi connectivity index (χ2v) is 6.86. The summed E-state index contributed by atoms with van der Waals surface area (Å²) < 4.78 is 0. The Morgan fingerprint density at radius 1 is 1.10 bits per heavy atom. The van der Waals surface area contributed by atoms with Gasteiger partial charge in [-0.3, -0.25) is 4.90 Å². The van der Waals surface area contributed by atoms with Gasteiger partial charge >= 0.3 is 0 Å². The molecule has 2 fully saturated rings.